The van der Waals surface area contributed by atoms with Gasteiger partial charge in [-0.3, -0.25) is 9.69 Å². The molecule has 0 unspecified atom stereocenters. The number of aromatic nitrogens is 4. The summed E-state index contributed by atoms with van der Waals surface area (Å²) in [4.78, 5) is 23.1. The van der Waals surface area contributed by atoms with Gasteiger partial charge < -0.3 is 10.6 Å². The molecule has 2 aromatic rings. The Morgan fingerprint density at radius 3 is 2.21 bits per heavy atom. The van der Waals surface area contributed by atoms with Crippen LogP contribution in [0, 0.1) is 0 Å². The molecular weight excluding hydrogens is 447 g/mol. The average molecular weight is 480 g/mol. The van der Waals surface area contributed by atoms with Gasteiger partial charge in [-0.05, 0) is 67.3 Å². The second kappa shape index (κ2) is 7.93. The fourth-order valence-corrected chi connectivity index (χ4v) is 4.72. The topological polar surface area (TPSA) is 88.0 Å². The molecule has 3 heterocycles. The third-order valence-electron chi connectivity index (χ3n) is 7.23. The van der Waals surface area contributed by atoms with E-state index < -0.39 is 17.3 Å². The van der Waals surface area contributed by atoms with Crippen molar-refractivity contribution in [3.63, 3.8) is 0 Å². The fourth-order valence-electron chi connectivity index (χ4n) is 4.72. The smallest absolute Gasteiger partial charge is 0.364 e. The molecule has 0 bridgehead atoms. The Labute approximate surface area is 197 Å². The summed E-state index contributed by atoms with van der Waals surface area (Å²) in [7, 11) is 2.09. The number of nitrogens with zero attached hydrogens (tertiary/aromatic N) is 5. The van der Waals surface area contributed by atoms with Crippen LogP contribution in [-0.2, 0) is 6.18 Å². The number of alkyl halides is 3. The molecule has 0 radical (unpaired) electrons. The quantitative estimate of drug-likeness (QED) is 0.649. The maximum atomic E-state index is 13.4. The molecule has 0 atom stereocenters. The van der Waals surface area contributed by atoms with Crippen molar-refractivity contribution >= 4 is 17.5 Å². The summed E-state index contributed by atoms with van der Waals surface area (Å²) in [5, 5.41) is 10.1. The van der Waals surface area contributed by atoms with Crippen molar-refractivity contribution in [2.75, 3.05) is 17.7 Å². The highest BCUT2D eigenvalue weighted by atomic mass is 19.4. The van der Waals surface area contributed by atoms with Crippen LogP contribution in [0.2, 0.25) is 0 Å². The molecule has 1 saturated carbocycles. The largest absolute Gasteiger partial charge is 0.421 e. The van der Waals surface area contributed by atoms with Crippen LogP contribution in [0.5, 0.6) is 0 Å². The molecule has 1 aliphatic heterocycles. The van der Waals surface area contributed by atoms with E-state index in [1.807, 2.05) is 6.92 Å². The van der Waals surface area contributed by atoms with Gasteiger partial charge in [-0.2, -0.15) is 23.3 Å². The van der Waals surface area contributed by atoms with Crippen LogP contribution in [0.4, 0.5) is 30.6 Å². The molecule has 2 N–H and O–H groups in total. The van der Waals surface area contributed by atoms with E-state index in [0.717, 1.165) is 31.9 Å². The maximum absolute atomic E-state index is 13.4. The summed E-state index contributed by atoms with van der Waals surface area (Å²) in [6, 6.07) is 1.31. The van der Waals surface area contributed by atoms with Gasteiger partial charge in [0.05, 0.1) is 17.9 Å². The van der Waals surface area contributed by atoms with E-state index in [1.54, 1.807) is 0 Å². The molecule has 2 aromatic heterocycles. The Balaban J connectivity index is 1.57. The zero-order valence-electron chi connectivity index (χ0n) is 20.4. The van der Waals surface area contributed by atoms with E-state index in [1.165, 1.54) is 16.9 Å². The molecule has 34 heavy (non-hydrogen) atoms. The molecule has 2 fully saturated rings. The van der Waals surface area contributed by atoms with Gasteiger partial charge in [-0.25, -0.2) is 9.67 Å². The summed E-state index contributed by atoms with van der Waals surface area (Å²) in [5.41, 5.74) is -1.52. The van der Waals surface area contributed by atoms with Crippen molar-refractivity contribution in [2.24, 2.45) is 0 Å². The molecule has 186 valence electrons. The Hall–Kier alpha value is -2.69. The first kappa shape index (κ1) is 24.4. The molecule has 1 aliphatic carbocycles. The van der Waals surface area contributed by atoms with E-state index in [9.17, 15) is 18.0 Å². The van der Waals surface area contributed by atoms with E-state index in [2.05, 4.69) is 65.3 Å². The van der Waals surface area contributed by atoms with Crippen LogP contribution < -0.4 is 16.2 Å². The van der Waals surface area contributed by atoms with Crippen LogP contribution in [-0.4, -0.2) is 48.3 Å². The Morgan fingerprint density at radius 2 is 1.68 bits per heavy atom. The Kier molecular flexibility index (Phi) is 5.70. The number of piperidine rings is 1. The summed E-state index contributed by atoms with van der Waals surface area (Å²) >= 11 is 0. The monoisotopic (exact) mass is 479 g/mol. The highest BCUT2D eigenvalue weighted by molar-refractivity contribution is 5.56. The average Bonchev–Trinajstić information content (AvgIpc) is 3.41. The third-order valence-corrected chi connectivity index (χ3v) is 7.23. The highest BCUT2D eigenvalue weighted by Gasteiger charge is 2.44. The minimum atomic E-state index is -4.58. The SMILES string of the molecule is CN1C(C)(C)CC(n2ncc(Nc3ncc(C(F)(F)F)c(NC4(C)CC4)n3)cc2=O)CC1(C)C. The van der Waals surface area contributed by atoms with Crippen molar-refractivity contribution in [2.45, 2.75) is 89.1 Å². The van der Waals surface area contributed by atoms with Crippen LogP contribution in [0.25, 0.3) is 0 Å². The second-order valence-corrected chi connectivity index (χ2v) is 11.0. The molecular formula is C23H32F3N7O. The molecule has 11 heteroatoms. The number of nitrogens with one attached hydrogen (secondary N) is 2. The predicted octanol–water partition coefficient (Wildman–Crippen LogP) is 4.58. The number of hydrogen-bond donors (Lipinski definition) is 2. The van der Waals surface area contributed by atoms with Crippen molar-refractivity contribution < 1.29 is 13.2 Å². The van der Waals surface area contributed by atoms with Gasteiger partial charge in [0.25, 0.3) is 5.56 Å². The first-order valence-electron chi connectivity index (χ1n) is 11.4. The summed E-state index contributed by atoms with van der Waals surface area (Å²) in [5.74, 6) is -0.317. The van der Waals surface area contributed by atoms with E-state index in [-0.39, 0.29) is 34.4 Å². The first-order valence-corrected chi connectivity index (χ1v) is 11.4. The molecule has 2 aliphatic rings. The van der Waals surface area contributed by atoms with Gasteiger partial charge >= 0.3 is 6.18 Å². The number of hydrogen-bond acceptors (Lipinski definition) is 7. The lowest BCUT2D eigenvalue weighted by Crippen LogP contribution is -2.59. The van der Waals surface area contributed by atoms with Crippen LogP contribution in [0.15, 0.2) is 23.3 Å². The minimum absolute atomic E-state index is 0.0414. The normalized spacial score (nSPS) is 21.8. The van der Waals surface area contributed by atoms with Crippen LogP contribution in [0.3, 0.4) is 0 Å². The van der Waals surface area contributed by atoms with Crippen molar-refractivity contribution in [1.29, 1.82) is 0 Å². The number of halogens is 3. The predicted molar refractivity (Wildman–Crippen MR) is 124 cm³/mol. The Bertz CT molecular complexity index is 1120. The van der Waals surface area contributed by atoms with Crippen molar-refractivity contribution in [3.05, 3.63) is 34.4 Å². The molecule has 0 aromatic carbocycles. The van der Waals surface area contributed by atoms with Crippen molar-refractivity contribution in [1.82, 2.24) is 24.6 Å². The van der Waals surface area contributed by atoms with Gasteiger partial charge in [-0.1, -0.05) is 0 Å². The number of likely N-dealkylation sites (tertiary alicyclic amines) is 1. The molecule has 0 spiro atoms. The van der Waals surface area contributed by atoms with Gasteiger partial charge in [0.15, 0.2) is 0 Å². The lowest BCUT2D eigenvalue weighted by atomic mass is 9.77. The minimum Gasteiger partial charge on any atom is -0.364 e. The second-order valence-electron chi connectivity index (χ2n) is 11.0. The van der Waals surface area contributed by atoms with E-state index >= 15 is 0 Å². The van der Waals surface area contributed by atoms with Gasteiger partial charge in [0.1, 0.15) is 11.4 Å². The standard InChI is InChI=1S/C23H32F3N7O/c1-20(2)10-15(11-21(3,4)32(20)6)33-17(34)9-14(12-28-33)29-19-27-13-16(23(24,25)26)18(30-19)31-22(5)7-8-22/h9,12-13,15H,7-8,10-11H2,1-6H3,(H2,27,29,30,31). The summed E-state index contributed by atoms with van der Waals surface area (Å²) in [6.45, 7) is 10.4. The van der Waals surface area contributed by atoms with E-state index in [0.29, 0.717) is 5.69 Å². The summed E-state index contributed by atoms with van der Waals surface area (Å²) in [6.07, 6.45) is 0.721. The molecule has 0 amide bonds. The van der Waals surface area contributed by atoms with Crippen LogP contribution >= 0.6 is 0 Å². The molecule has 8 nitrogen and oxygen atoms in total. The highest BCUT2D eigenvalue weighted by Crippen LogP contribution is 2.43. The number of rotatable bonds is 5. The van der Waals surface area contributed by atoms with Gasteiger partial charge in [0, 0.05) is 28.9 Å². The lowest BCUT2D eigenvalue weighted by Gasteiger charge is -2.53. The third kappa shape index (κ3) is 4.89. The zero-order valence-corrected chi connectivity index (χ0v) is 20.4. The van der Waals surface area contributed by atoms with Crippen molar-refractivity contribution in [3.8, 4) is 0 Å². The molecule has 1 saturated heterocycles. The maximum Gasteiger partial charge on any atom is 0.421 e. The molecule has 4 rings (SSSR count). The Morgan fingerprint density at radius 1 is 1.06 bits per heavy atom. The summed E-state index contributed by atoms with van der Waals surface area (Å²) < 4.78 is 41.7. The first-order chi connectivity index (χ1) is 15.6. The zero-order chi connectivity index (χ0) is 25.1. The van der Waals surface area contributed by atoms with E-state index in [4.69, 9.17) is 0 Å². The van der Waals surface area contributed by atoms with Gasteiger partial charge in [-0.15, -0.1) is 0 Å². The fraction of sp³-hybridized carbons (Fsp3) is 0.652. The van der Waals surface area contributed by atoms with Crippen LogP contribution in [0.1, 0.15) is 71.9 Å². The lowest BCUT2D eigenvalue weighted by molar-refractivity contribution is -0.137. The number of anilines is 3. The van der Waals surface area contributed by atoms with Gasteiger partial charge in [0.2, 0.25) is 5.95 Å².